The Morgan fingerprint density at radius 3 is 2.57 bits per heavy atom. The summed E-state index contributed by atoms with van der Waals surface area (Å²) in [5.74, 6) is -0.112. The third-order valence-electron chi connectivity index (χ3n) is 4.97. The van der Waals surface area contributed by atoms with Crippen molar-refractivity contribution in [3.05, 3.63) is 72.1 Å². The van der Waals surface area contributed by atoms with E-state index in [4.69, 9.17) is 4.74 Å². The smallest absolute Gasteiger partial charge is 0.274 e. The van der Waals surface area contributed by atoms with E-state index in [0.717, 1.165) is 23.1 Å². The minimum absolute atomic E-state index is 0.108. The molecule has 1 aliphatic heterocycles. The lowest BCUT2D eigenvalue weighted by Crippen LogP contribution is -2.51. The van der Waals surface area contributed by atoms with Gasteiger partial charge in [-0.25, -0.2) is 4.98 Å². The Morgan fingerprint density at radius 1 is 1.11 bits per heavy atom. The van der Waals surface area contributed by atoms with Crippen molar-refractivity contribution in [2.24, 2.45) is 0 Å². The van der Waals surface area contributed by atoms with E-state index < -0.39 is 0 Å². The molecule has 0 saturated carbocycles. The Bertz CT molecular complexity index is 961. The Kier molecular flexibility index (Phi) is 5.32. The van der Waals surface area contributed by atoms with E-state index in [-0.39, 0.29) is 18.1 Å². The molecule has 1 amide bonds. The first-order valence-corrected chi connectivity index (χ1v) is 9.47. The van der Waals surface area contributed by atoms with Gasteiger partial charge in [-0.3, -0.25) is 9.78 Å². The molecule has 2 heterocycles. The SMILES string of the molecule is CN(C)C[C@@H]1OCCN(C(=O)c2cnc3ccccc3n2)[C@H]1c1ccccc1. The summed E-state index contributed by atoms with van der Waals surface area (Å²) in [5.41, 5.74) is 2.94. The number of para-hydroxylation sites is 2. The normalized spacial score (nSPS) is 19.9. The van der Waals surface area contributed by atoms with Crippen molar-refractivity contribution in [3.8, 4) is 0 Å². The maximum absolute atomic E-state index is 13.4. The van der Waals surface area contributed by atoms with E-state index in [1.807, 2.05) is 73.6 Å². The summed E-state index contributed by atoms with van der Waals surface area (Å²) in [5, 5.41) is 0. The number of fused-ring (bicyclic) bond motifs is 1. The lowest BCUT2D eigenvalue weighted by Gasteiger charge is -2.42. The summed E-state index contributed by atoms with van der Waals surface area (Å²) in [6.45, 7) is 1.76. The number of likely N-dealkylation sites (N-methyl/N-ethyl adjacent to an activating group) is 1. The number of amides is 1. The van der Waals surface area contributed by atoms with Crippen molar-refractivity contribution in [1.29, 1.82) is 0 Å². The number of ether oxygens (including phenoxy) is 1. The van der Waals surface area contributed by atoms with Gasteiger partial charge in [-0.15, -0.1) is 0 Å². The van der Waals surface area contributed by atoms with Crippen LogP contribution in [0.4, 0.5) is 0 Å². The molecule has 0 N–H and O–H groups in total. The predicted molar refractivity (Wildman–Crippen MR) is 108 cm³/mol. The minimum Gasteiger partial charge on any atom is -0.373 e. The van der Waals surface area contributed by atoms with Gasteiger partial charge >= 0.3 is 0 Å². The van der Waals surface area contributed by atoms with E-state index in [9.17, 15) is 4.79 Å². The van der Waals surface area contributed by atoms with E-state index in [1.54, 1.807) is 6.20 Å². The van der Waals surface area contributed by atoms with Crippen LogP contribution in [0.5, 0.6) is 0 Å². The highest BCUT2D eigenvalue weighted by Gasteiger charge is 2.37. The summed E-state index contributed by atoms with van der Waals surface area (Å²) in [6, 6.07) is 17.5. The van der Waals surface area contributed by atoms with Gasteiger partial charge < -0.3 is 14.5 Å². The van der Waals surface area contributed by atoms with Gasteiger partial charge in [0.1, 0.15) is 5.69 Å². The first-order chi connectivity index (χ1) is 13.6. The molecule has 0 radical (unpaired) electrons. The van der Waals surface area contributed by atoms with Gasteiger partial charge in [0.2, 0.25) is 0 Å². The molecule has 1 aromatic heterocycles. The summed E-state index contributed by atoms with van der Waals surface area (Å²) in [4.78, 5) is 26.4. The van der Waals surface area contributed by atoms with E-state index in [1.165, 1.54) is 0 Å². The molecule has 144 valence electrons. The Labute approximate surface area is 164 Å². The third-order valence-corrected chi connectivity index (χ3v) is 4.97. The highest BCUT2D eigenvalue weighted by molar-refractivity contribution is 5.94. The molecule has 28 heavy (non-hydrogen) atoms. The van der Waals surface area contributed by atoms with Crippen LogP contribution in [-0.2, 0) is 4.74 Å². The first kappa shape index (κ1) is 18.5. The number of hydrogen-bond acceptors (Lipinski definition) is 5. The van der Waals surface area contributed by atoms with Crippen LogP contribution in [0, 0.1) is 0 Å². The summed E-state index contributed by atoms with van der Waals surface area (Å²) >= 11 is 0. The molecule has 6 nitrogen and oxygen atoms in total. The average molecular weight is 376 g/mol. The largest absolute Gasteiger partial charge is 0.373 e. The van der Waals surface area contributed by atoms with Gasteiger partial charge in [0.25, 0.3) is 5.91 Å². The Balaban J connectivity index is 1.70. The topological polar surface area (TPSA) is 58.6 Å². The molecule has 1 aliphatic rings. The third kappa shape index (κ3) is 3.74. The summed E-state index contributed by atoms with van der Waals surface area (Å²) in [6.07, 6.45) is 1.46. The number of hydrogen-bond donors (Lipinski definition) is 0. The zero-order valence-electron chi connectivity index (χ0n) is 16.2. The van der Waals surface area contributed by atoms with Crippen LogP contribution in [-0.4, -0.2) is 65.6 Å². The van der Waals surface area contributed by atoms with Gasteiger partial charge in [-0.05, 0) is 31.8 Å². The fraction of sp³-hybridized carbons (Fsp3) is 0.318. The molecule has 0 spiro atoms. The highest BCUT2D eigenvalue weighted by Crippen LogP contribution is 2.31. The van der Waals surface area contributed by atoms with Gasteiger partial charge in [-0.1, -0.05) is 42.5 Å². The lowest BCUT2D eigenvalue weighted by atomic mass is 9.97. The lowest BCUT2D eigenvalue weighted by molar-refractivity contribution is -0.0686. The number of rotatable bonds is 4. The van der Waals surface area contributed by atoms with Gasteiger partial charge in [0.05, 0.1) is 36.0 Å². The van der Waals surface area contributed by atoms with E-state index in [0.29, 0.717) is 18.8 Å². The molecular weight excluding hydrogens is 352 g/mol. The zero-order chi connectivity index (χ0) is 19.5. The standard InChI is InChI=1S/C22H24N4O2/c1-25(2)15-20-21(16-8-4-3-5-9-16)26(12-13-28-20)22(27)19-14-23-17-10-6-7-11-18(17)24-19/h3-11,14,20-21H,12-13,15H2,1-2H3/t20-,21-/m0/s1. The van der Waals surface area contributed by atoms with Gasteiger partial charge in [-0.2, -0.15) is 0 Å². The molecule has 1 fully saturated rings. The second-order valence-corrected chi connectivity index (χ2v) is 7.27. The number of morpholine rings is 1. The molecule has 1 saturated heterocycles. The second kappa shape index (κ2) is 8.04. The van der Waals surface area contributed by atoms with Crippen molar-refractivity contribution in [2.45, 2.75) is 12.1 Å². The van der Waals surface area contributed by atoms with Crippen molar-refractivity contribution < 1.29 is 9.53 Å². The maximum atomic E-state index is 13.4. The second-order valence-electron chi connectivity index (χ2n) is 7.27. The van der Waals surface area contributed by atoms with Crippen molar-refractivity contribution in [3.63, 3.8) is 0 Å². The maximum Gasteiger partial charge on any atom is 0.274 e. The average Bonchev–Trinajstić information content (AvgIpc) is 2.73. The number of aromatic nitrogens is 2. The summed E-state index contributed by atoms with van der Waals surface area (Å²) in [7, 11) is 4.03. The number of carbonyl (C=O) groups is 1. The molecule has 2 atom stereocenters. The Morgan fingerprint density at radius 2 is 1.82 bits per heavy atom. The van der Waals surface area contributed by atoms with Gasteiger partial charge in [0.15, 0.2) is 0 Å². The number of benzene rings is 2. The Hall–Kier alpha value is -2.83. The molecule has 3 aromatic rings. The van der Waals surface area contributed by atoms with Crippen LogP contribution in [0.25, 0.3) is 11.0 Å². The molecule has 0 unspecified atom stereocenters. The molecule has 6 heteroatoms. The minimum atomic E-state index is -0.168. The monoisotopic (exact) mass is 376 g/mol. The van der Waals surface area contributed by atoms with Crippen molar-refractivity contribution in [1.82, 2.24) is 19.8 Å². The van der Waals surface area contributed by atoms with Gasteiger partial charge in [0, 0.05) is 13.1 Å². The number of nitrogens with zero attached hydrogens (tertiary/aromatic N) is 4. The fourth-order valence-corrected chi connectivity index (χ4v) is 3.73. The van der Waals surface area contributed by atoms with Crippen LogP contribution in [0.15, 0.2) is 60.8 Å². The van der Waals surface area contributed by atoms with Crippen LogP contribution >= 0.6 is 0 Å². The first-order valence-electron chi connectivity index (χ1n) is 9.47. The van der Waals surface area contributed by atoms with Crippen molar-refractivity contribution in [2.75, 3.05) is 33.8 Å². The molecule has 2 aromatic carbocycles. The van der Waals surface area contributed by atoms with Crippen LogP contribution in [0.3, 0.4) is 0 Å². The van der Waals surface area contributed by atoms with E-state index in [2.05, 4.69) is 14.9 Å². The predicted octanol–water partition coefficient (Wildman–Crippen LogP) is 2.77. The zero-order valence-corrected chi connectivity index (χ0v) is 16.2. The van der Waals surface area contributed by atoms with E-state index >= 15 is 0 Å². The quantitative estimate of drug-likeness (QED) is 0.701. The summed E-state index contributed by atoms with van der Waals surface area (Å²) < 4.78 is 6.07. The molecule has 0 bridgehead atoms. The van der Waals surface area contributed by atoms with Crippen LogP contribution in [0.2, 0.25) is 0 Å². The van der Waals surface area contributed by atoms with Crippen LogP contribution < -0.4 is 0 Å². The fourth-order valence-electron chi connectivity index (χ4n) is 3.73. The molecule has 0 aliphatic carbocycles. The van der Waals surface area contributed by atoms with Crippen molar-refractivity contribution >= 4 is 16.9 Å². The molecule has 4 rings (SSSR count). The van der Waals surface area contributed by atoms with Crippen LogP contribution in [0.1, 0.15) is 22.1 Å². The number of carbonyl (C=O) groups excluding carboxylic acids is 1. The highest BCUT2D eigenvalue weighted by atomic mass is 16.5. The molecular formula is C22H24N4O2.